The third-order valence-corrected chi connectivity index (χ3v) is 3.34. The molecule has 2 N–H and O–H groups in total. The van der Waals surface area contributed by atoms with Gasteiger partial charge >= 0.3 is 5.97 Å². The highest BCUT2D eigenvalue weighted by Crippen LogP contribution is 2.18. The molecule has 0 aromatic rings. The summed E-state index contributed by atoms with van der Waals surface area (Å²) in [6, 6.07) is 0.640. The van der Waals surface area contributed by atoms with Crippen LogP contribution in [0.1, 0.15) is 51.9 Å². The average molecular weight is 213 g/mol. The van der Waals surface area contributed by atoms with Crippen molar-refractivity contribution in [2.75, 3.05) is 6.54 Å². The second kappa shape index (κ2) is 6.83. The van der Waals surface area contributed by atoms with E-state index in [1.807, 2.05) is 0 Å². The lowest BCUT2D eigenvalue weighted by Gasteiger charge is -2.25. The first kappa shape index (κ1) is 12.5. The van der Waals surface area contributed by atoms with E-state index in [9.17, 15) is 4.79 Å². The van der Waals surface area contributed by atoms with Gasteiger partial charge in [-0.3, -0.25) is 4.79 Å². The second-order valence-corrected chi connectivity index (χ2v) is 4.62. The zero-order valence-corrected chi connectivity index (χ0v) is 9.67. The van der Waals surface area contributed by atoms with Gasteiger partial charge in [-0.2, -0.15) is 0 Å². The minimum Gasteiger partial charge on any atom is -0.481 e. The Morgan fingerprint density at radius 1 is 1.40 bits per heavy atom. The number of carbonyl (C=O) groups is 1. The number of hydrogen-bond acceptors (Lipinski definition) is 2. The van der Waals surface area contributed by atoms with Crippen LogP contribution in [0, 0.1) is 5.92 Å². The summed E-state index contributed by atoms with van der Waals surface area (Å²) < 4.78 is 0. The Morgan fingerprint density at radius 3 is 2.60 bits per heavy atom. The summed E-state index contributed by atoms with van der Waals surface area (Å²) >= 11 is 0. The number of carboxylic acids is 1. The van der Waals surface area contributed by atoms with E-state index in [1.165, 1.54) is 32.1 Å². The van der Waals surface area contributed by atoms with Crippen molar-refractivity contribution in [2.45, 2.75) is 57.9 Å². The predicted octanol–water partition coefficient (Wildman–Crippen LogP) is 2.41. The van der Waals surface area contributed by atoms with Gasteiger partial charge in [0.25, 0.3) is 0 Å². The Hall–Kier alpha value is -0.570. The Morgan fingerprint density at radius 2 is 2.07 bits per heavy atom. The molecule has 0 spiro atoms. The average Bonchev–Trinajstić information content (AvgIpc) is 2.25. The van der Waals surface area contributed by atoms with Crippen LogP contribution < -0.4 is 5.32 Å². The van der Waals surface area contributed by atoms with Gasteiger partial charge in [-0.05, 0) is 25.3 Å². The van der Waals surface area contributed by atoms with Crippen molar-refractivity contribution in [3.05, 3.63) is 0 Å². The SMILES string of the molecule is CCC(CNC1CCCCC1)CC(=O)O. The van der Waals surface area contributed by atoms with E-state index in [0.717, 1.165) is 13.0 Å². The Bertz CT molecular complexity index is 188. The molecule has 0 bridgehead atoms. The lowest BCUT2D eigenvalue weighted by atomic mass is 9.94. The lowest BCUT2D eigenvalue weighted by molar-refractivity contribution is -0.138. The van der Waals surface area contributed by atoms with Gasteiger partial charge in [-0.1, -0.05) is 32.6 Å². The largest absolute Gasteiger partial charge is 0.481 e. The molecule has 0 heterocycles. The highest BCUT2D eigenvalue weighted by molar-refractivity contribution is 5.67. The van der Waals surface area contributed by atoms with Gasteiger partial charge in [0.2, 0.25) is 0 Å². The predicted molar refractivity (Wildman–Crippen MR) is 60.9 cm³/mol. The maximum Gasteiger partial charge on any atom is 0.303 e. The van der Waals surface area contributed by atoms with Crippen molar-refractivity contribution in [1.82, 2.24) is 5.32 Å². The van der Waals surface area contributed by atoms with Gasteiger partial charge in [-0.25, -0.2) is 0 Å². The standard InChI is InChI=1S/C12H23NO2/c1-2-10(8-12(14)15)9-13-11-6-4-3-5-7-11/h10-11,13H,2-9H2,1H3,(H,14,15). The van der Waals surface area contributed by atoms with E-state index in [2.05, 4.69) is 12.2 Å². The van der Waals surface area contributed by atoms with Crippen LogP contribution in [0.3, 0.4) is 0 Å². The molecule has 1 rings (SSSR count). The fourth-order valence-electron chi connectivity index (χ4n) is 2.25. The summed E-state index contributed by atoms with van der Waals surface area (Å²) in [5.74, 6) is -0.378. The molecule has 88 valence electrons. The third-order valence-electron chi connectivity index (χ3n) is 3.34. The number of nitrogens with one attached hydrogen (secondary N) is 1. The molecule has 0 aliphatic heterocycles. The lowest BCUT2D eigenvalue weighted by Crippen LogP contribution is -2.35. The Kier molecular flexibility index (Phi) is 5.69. The monoisotopic (exact) mass is 213 g/mol. The molecule has 1 atom stereocenters. The second-order valence-electron chi connectivity index (χ2n) is 4.62. The van der Waals surface area contributed by atoms with Gasteiger partial charge < -0.3 is 10.4 Å². The highest BCUT2D eigenvalue weighted by atomic mass is 16.4. The molecule has 1 saturated carbocycles. The number of rotatable bonds is 6. The first-order chi connectivity index (χ1) is 7.22. The minimum atomic E-state index is -0.674. The summed E-state index contributed by atoms with van der Waals surface area (Å²) in [7, 11) is 0. The smallest absolute Gasteiger partial charge is 0.303 e. The van der Waals surface area contributed by atoms with Crippen LogP contribution in [0.25, 0.3) is 0 Å². The molecule has 1 aliphatic rings. The first-order valence-electron chi connectivity index (χ1n) is 6.17. The summed E-state index contributed by atoms with van der Waals surface area (Å²) in [4.78, 5) is 10.6. The van der Waals surface area contributed by atoms with Crippen LogP contribution in [-0.2, 0) is 4.79 Å². The third kappa shape index (κ3) is 5.17. The van der Waals surface area contributed by atoms with Crippen LogP contribution in [0.2, 0.25) is 0 Å². The maximum atomic E-state index is 10.6. The minimum absolute atomic E-state index is 0.296. The Labute approximate surface area is 92.3 Å². The fraction of sp³-hybridized carbons (Fsp3) is 0.917. The van der Waals surface area contributed by atoms with E-state index in [-0.39, 0.29) is 0 Å². The van der Waals surface area contributed by atoms with Crippen molar-refractivity contribution in [1.29, 1.82) is 0 Å². The molecule has 3 heteroatoms. The number of hydrogen-bond donors (Lipinski definition) is 2. The summed E-state index contributed by atoms with van der Waals surface area (Å²) in [6.45, 7) is 2.93. The van der Waals surface area contributed by atoms with Gasteiger partial charge in [0.1, 0.15) is 0 Å². The van der Waals surface area contributed by atoms with E-state index in [1.54, 1.807) is 0 Å². The molecule has 1 fully saturated rings. The number of carboxylic acid groups (broad SMARTS) is 1. The van der Waals surface area contributed by atoms with Crippen LogP contribution in [0.15, 0.2) is 0 Å². The Balaban J connectivity index is 2.17. The van der Waals surface area contributed by atoms with E-state index in [4.69, 9.17) is 5.11 Å². The summed E-state index contributed by atoms with van der Waals surface area (Å²) in [6.07, 6.45) is 7.81. The van der Waals surface area contributed by atoms with Crippen molar-refractivity contribution < 1.29 is 9.90 Å². The highest BCUT2D eigenvalue weighted by Gasteiger charge is 2.16. The molecule has 0 saturated heterocycles. The molecule has 15 heavy (non-hydrogen) atoms. The van der Waals surface area contributed by atoms with Crippen LogP contribution in [0.5, 0.6) is 0 Å². The first-order valence-corrected chi connectivity index (χ1v) is 6.17. The van der Waals surface area contributed by atoms with Gasteiger partial charge in [0.05, 0.1) is 0 Å². The van der Waals surface area contributed by atoms with Crippen molar-refractivity contribution in [3.63, 3.8) is 0 Å². The fourth-order valence-corrected chi connectivity index (χ4v) is 2.25. The summed E-state index contributed by atoms with van der Waals surface area (Å²) in [5, 5.41) is 12.2. The topological polar surface area (TPSA) is 49.3 Å². The zero-order chi connectivity index (χ0) is 11.1. The van der Waals surface area contributed by atoms with Crippen LogP contribution in [0.4, 0.5) is 0 Å². The molecule has 1 unspecified atom stereocenters. The molecule has 0 radical (unpaired) electrons. The molecular weight excluding hydrogens is 190 g/mol. The summed E-state index contributed by atoms with van der Waals surface area (Å²) in [5.41, 5.74) is 0. The molecule has 0 amide bonds. The number of aliphatic carboxylic acids is 1. The molecular formula is C12H23NO2. The van der Waals surface area contributed by atoms with Gasteiger partial charge in [0, 0.05) is 12.5 Å². The normalized spacial score (nSPS) is 20.1. The van der Waals surface area contributed by atoms with Crippen LogP contribution >= 0.6 is 0 Å². The van der Waals surface area contributed by atoms with Crippen molar-refractivity contribution in [2.24, 2.45) is 5.92 Å². The van der Waals surface area contributed by atoms with E-state index in [0.29, 0.717) is 18.4 Å². The van der Waals surface area contributed by atoms with Crippen molar-refractivity contribution >= 4 is 5.97 Å². The maximum absolute atomic E-state index is 10.6. The van der Waals surface area contributed by atoms with E-state index >= 15 is 0 Å². The van der Waals surface area contributed by atoms with E-state index < -0.39 is 5.97 Å². The molecule has 1 aliphatic carbocycles. The molecule has 3 nitrogen and oxygen atoms in total. The molecule has 0 aromatic carbocycles. The zero-order valence-electron chi connectivity index (χ0n) is 9.67. The van der Waals surface area contributed by atoms with Gasteiger partial charge in [0.15, 0.2) is 0 Å². The van der Waals surface area contributed by atoms with Crippen LogP contribution in [-0.4, -0.2) is 23.7 Å². The molecule has 0 aromatic heterocycles. The van der Waals surface area contributed by atoms with Gasteiger partial charge in [-0.15, -0.1) is 0 Å². The quantitative estimate of drug-likeness (QED) is 0.712. The van der Waals surface area contributed by atoms with Crippen molar-refractivity contribution in [3.8, 4) is 0 Å².